The van der Waals surface area contributed by atoms with Crippen molar-refractivity contribution in [1.29, 1.82) is 0 Å². The Labute approximate surface area is 691 Å². The Hall–Kier alpha value is 1.62. The van der Waals surface area contributed by atoms with Gasteiger partial charge in [0.1, 0.15) is 0 Å². The van der Waals surface area contributed by atoms with Crippen LogP contribution in [-0.4, -0.2) is 301 Å². The van der Waals surface area contributed by atoms with Gasteiger partial charge in [0.15, 0.2) is 34.6 Å². The average molecular weight is 1740 g/mol. The van der Waals surface area contributed by atoms with E-state index in [1.165, 1.54) is 30.4 Å². The van der Waals surface area contributed by atoms with Crippen LogP contribution in [0.5, 0.6) is 0 Å². The molecule has 25 nitrogen and oxygen atoms in total. The van der Waals surface area contributed by atoms with Gasteiger partial charge in [-0.05, 0) is 112 Å². The summed E-state index contributed by atoms with van der Waals surface area (Å²) in [6, 6.07) is 0. The standard InChI is InChI=1S/2C12H26O5S.C12H26O3S.C11H25NO5S.C8H16OS.C6H13BrO3.C6H14S.C4H9ClO.Na.H2O/c2*1-12(2,3)4-10-18(14,15)11-9-17-8-7-16-6-5-13;1-12(2,3)4-10-16-11-9-15-8-7-14-6-5-13;1-11(2,12)3-9-18(14,15)10-8-17-7-6-16-5-4-13;1-7(9)10-6-5-8(2,3)4;7-1-3-9-5-6-10-4-2-8;1-6(2,3)4-5-7;1-4(2,3)6-5;;/h2*13H,4-11H2,1-3H3;13H,4-11H2,1-3H3;13H,3-10,12H2,1-2H3;5-6H2,1-4H3;8H,1-6H2;7H,4-5H2,1-3H3;1-3H3;;1H2/q;;;;;;;;+1;/p-1. The number of alkyl halides is 1. The smallest absolute Gasteiger partial charge is 0.870 e. The SMILES string of the molecule is CC(=O)SCCC(C)(C)C.CC(C)(C)CCS.CC(C)(C)CCS(=O)(=O)CCOCCOCCO.CC(C)(C)CCS(=O)(=O)CCOCCOCCO.CC(C)(C)CCSCCOCCOCCO.CC(C)(C)OCl.CC(C)(N)CCS(=O)(=O)CCOCCOCCO.OCCOCCOCCBr.[Na+].[OH-]. The third kappa shape index (κ3) is 151. The molecule has 34 heteroatoms. The van der Waals surface area contributed by atoms with Gasteiger partial charge < -0.3 is 84.1 Å². The summed E-state index contributed by atoms with van der Waals surface area (Å²) < 4.78 is 125. The normalized spacial score (nSPS) is 12.0. The van der Waals surface area contributed by atoms with E-state index in [9.17, 15) is 30.0 Å². The number of ether oxygens (including phenoxy) is 10. The molecule has 0 aliphatic carbocycles. The molecule has 0 fully saturated rings. The van der Waals surface area contributed by atoms with E-state index in [-0.39, 0.29) is 164 Å². The first-order valence-electron chi connectivity index (χ1n) is 35.7. The molecular formula is C71H156BrClNNaO24S6. The van der Waals surface area contributed by atoms with Crippen LogP contribution in [0.2, 0.25) is 0 Å². The number of hydrogen-bond acceptors (Lipinski definition) is 28. The second-order valence-electron chi connectivity index (χ2n) is 31.0. The maximum Gasteiger partial charge on any atom is 1.00 e. The fourth-order valence-corrected chi connectivity index (χ4v) is 13.1. The molecule has 0 heterocycles. The van der Waals surface area contributed by atoms with E-state index >= 15 is 0 Å². The monoisotopic (exact) mass is 1740 g/mol. The number of rotatable bonds is 51. The zero-order valence-electron chi connectivity index (χ0n) is 69.6. The Morgan fingerprint density at radius 3 is 0.829 bits per heavy atom. The van der Waals surface area contributed by atoms with Crippen LogP contribution in [-0.2, 0) is 86.0 Å². The molecule has 0 aromatic heterocycles. The number of aliphatic hydroxyl groups excluding tert-OH is 5. The van der Waals surface area contributed by atoms with Crippen molar-refractivity contribution in [3.8, 4) is 0 Å². The van der Waals surface area contributed by atoms with Crippen molar-refractivity contribution in [2.45, 2.75) is 195 Å². The van der Waals surface area contributed by atoms with E-state index in [1.807, 2.05) is 74.1 Å². The number of hydrogen-bond donors (Lipinski definition) is 7. The number of nitrogens with two attached hydrogens (primary N) is 1. The summed E-state index contributed by atoms with van der Waals surface area (Å²) in [5.41, 5.74) is 6.42. The summed E-state index contributed by atoms with van der Waals surface area (Å²) in [5, 5.41) is 43.2. The van der Waals surface area contributed by atoms with Crippen LogP contribution in [0.1, 0.15) is 184 Å². The molecule has 0 aliphatic rings. The molecule has 0 aromatic carbocycles. The number of carbonyl (C=O) groups is 1. The van der Waals surface area contributed by atoms with Crippen molar-refractivity contribution in [1.82, 2.24) is 0 Å². The van der Waals surface area contributed by atoms with E-state index < -0.39 is 35.1 Å². The van der Waals surface area contributed by atoms with E-state index in [0.717, 1.165) is 35.6 Å². The van der Waals surface area contributed by atoms with Gasteiger partial charge in [0.2, 0.25) is 0 Å². The van der Waals surface area contributed by atoms with Crippen LogP contribution >= 0.6 is 63.9 Å². The van der Waals surface area contributed by atoms with Crippen molar-refractivity contribution >= 4 is 98.6 Å². The molecular weight excluding hydrogens is 1580 g/mol. The molecule has 0 aromatic rings. The number of thiol groups is 1. The molecule has 0 saturated carbocycles. The Morgan fingerprint density at radius 1 is 0.381 bits per heavy atom. The van der Waals surface area contributed by atoms with Gasteiger partial charge in [0.05, 0.1) is 217 Å². The van der Waals surface area contributed by atoms with Crippen molar-refractivity contribution in [2.24, 2.45) is 32.8 Å². The largest absolute Gasteiger partial charge is 1.00 e. The van der Waals surface area contributed by atoms with Crippen LogP contribution in [0.15, 0.2) is 0 Å². The zero-order valence-corrected chi connectivity index (χ0v) is 78.9. The Bertz CT molecular complexity index is 1970. The van der Waals surface area contributed by atoms with E-state index in [4.69, 9.17) is 90.5 Å². The molecule has 0 spiro atoms. The molecule has 640 valence electrons. The fourth-order valence-electron chi connectivity index (χ4n) is 5.63. The number of thioether (sulfide) groups is 2. The topological polar surface area (TPSA) is 378 Å². The predicted molar refractivity (Wildman–Crippen MR) is 440 cm³/mol. The van der Waals surface area contributed by atoms with Gasteiger partial charge in [0.25, 0.3) is 0 Å². The van der Waals surface area contributed by atoms with Crippen LogP contribution in [0.3, 0.4) is 0 Å². The van der Waals surface area contributed by atoms with Crippen molar-refractivity contribution in [3.63, 3.8) is 0 Å². The van der Waals surface area contributed by atoms with Crippen molar-refractivity contribution < 1.29 is 142 Å². The molecule has 0 atom stereocenters. The third-order valence-corrected chi connectivity index (χ3v) is 19.5. The first-order chi connectivity index (χ1) is 47.3. The molecule has 0 radical (unpaired) electrons. The average Bonchev–Trinajstić information content (AvgIpc) is 0.930. The summed E-state index contributed by atoms with van der Waals surface area (Å²) in [6.45, 7) is 51.4. The molecule has 0 bridgehead atoms. The van der Waals surface area contributed by atoms with Gasteiger partial charge in [-0.3, -0.25) is 9.08 Å². The predicted octanol–water partition coefficient (Wildman–Crippen LogP) is 7.71. The van der Waals surface area contributed by atoms with Gasteiger partial charge in [-0.25, -0.2) is 25.3 Å². The summed E-state index contributed by atoms with van der Waals surface area (Å²) >= 11 is 15.7. The minimum Gasteiger partial charge on any atom is -0.870 e. The number of halogens is 2. The second-order valence-corrected chi connectivity index (χ2v) is 41.8. The van der Waals surface area contributed by atoms with Gasteiger partial charge in [-0.1, -0.05) is 132 Å². The zero-order chi connectivity index (χ0) is 81.5. The summed E-state index contributed by atoms with van der Waals surface area (Å²) in [5.74, 6) is 4.84. The maximum atomic E-state index is 11.7. The number of carbonyl (C=O) groups excluding carboxylic acids is 1. The molecule has 0 unspecified atom stereocenters. The van der Waals surface area contributed by atoms with E-state index in [0.29, 0.717) is 121 Å². The first kappa shape index (κ1) is 127. The molecule has 8 N–H and O–H groups in total. The van der Waals surface area contributed by atoms with Gasteiger partial charge in [-0.15, -0.1) is 0 Å². The van der Waals surface area contributed by atoms with Crippen LogP contribution in [0.25, 0.3) is 0 Å². The third-order valence-electron chi connectivity index (χ3n) is 11.9. The van der Waals surface area contributed by atoms with E-state index in [1.54, 1.807) is 20.8 Å². The summed E-state index contributed by atoms with van der Waals surface area (Å²) in [7, 11) is -9.13. The summed E-state index contributed by atoms with van der Waals surface area (Å²) in [6.07, 6.45) is 5.32. The first-order valence-corrected chi connectivity index (χ1v) is 45.4. The Morgan fingerprint density at radius 2 is 0.619 bits per heavy atom. The van der Waals surface area contributed by atoms with Gasteiger partial charge in [0, 0.05) is 29.3 Å². The minimum atomic E-state index is -3.10. The molecule has 0 amide bonds. The van der Waals surface area contributed by atoms with E-state index in [2.05, 4.69) is 95.2 Å². The molecule has 0 rings (SSSR count). The van der Waals surface area contributed by atoms with Gasteiger partial charge >= 0.3 is 29.6 Å². The maximum absolute atomic E-state index is 11.7. The van der Waals surface area contributed by atoms with Crippen LogP contribution in [0.4, 0.5) is 0 Å². The Balaban J connectivity index is -0.000000125. The number of aliphatic hydroxyl groups is 5. The number of sulfone groups is 3. The van der Waals surface area contributed by atoms with Gasteiger partial charge in [-0.2, -0.15) is 24.4 Å². The summed E-state index contributed by atoms with van der Waals surface area (Å²) in [4.78, 5) is 10.5. The quantitative estimate of drug-likeness (QED) is 0.0133. The van der Waals surface area contributed by atoms with Crippen molar-refractivity contribution in [2.75, 3.05) is 228 Å². The Kier molecular flexibility index (Phi) is 98.0. The van der Waals surface area contributed by atoms with Crippen molar-refractivity contribution in [3.05, 3.63) is 0 Å². The molecule has 0 aliphatic heterocycles. The molecule has 0 saturated heterocycles. The minimum absolute atomic E-state index is 0. The van der Waals surface area contributed by atoms with Crippen LogP contribution < -0.4 is 35.3 Å². The second kappa shape index (κ2) is 80.8. The fraction of sp³-hybridized carbons (Fsp3) is 0.986. The molecule has 105 heavy (non-hydrogen) atoms. The van der Waals surface area contributed by atoms with Crippen LogP contribution in [0, 0.1) is 27.1 Å².